The number of amides is 2. The van der Waals surface area contributed by atoms with Gasteiger partial charge in [-0.15, -0.1) is 0 Å². The summed E-state index contributed by atoms with van der Waals surface area (Å²) in [6.07, 6.45) is 1.84. The van der Waals surface area contributed by atoms with Crippen LogP contribution in [0.15, 0.2) is 0 Å². The standard InChI is InChI=1S/C10H16N2O4/c1-12(7-2-5-16-6-7)9(15)11-10(3-4-10)8(13)14/h7H,2-6H2,1H3,(H,11,15)(H,13,14). The van der Waals surface area contributed by atoms with Gasteiger partial charge in [-0.1, -0.05) is 0 Å². The Labute approximate surface area is 93.6 Å². The molecule has 90 valence electrons. The lowest BCUT2D eigenvalue weighted by Gasteiger charge is -2.25. The number of aliphatic carboxylic acids is 1. The summed E-state index contributed by atoms with van der Waals surface area (Å²) in [5, 5.41) is 11.5. The molecule has 2 aliphatic rings. The molecule has 6 heteroatoms. The molecule has 0 aromatic carbocycles. The van der Waals surface area contributed by atoms with Gasteiger partial charge in [0.2, 0.25) is 0 Å². The summed E-state index contributed by atoms with van der Waals surface area (Å²) in [7, 11) is 1.67. The van der Waals surface area contributed by atoms with Crippen molar-refractivity contribution in [3.8, 4) is 0 Å². The Balaban J connectivity index is 1.90. The van der Waals surface area contributed by atoms with E-state index in [0.29, 0.717) is 26.1 Å². The van der Waals surface area contributed by atoms with Gasteiger partial charge in [-0.2, -0.15) is 0 Å². The molecule has 1 aliphatic heterocycles. The fourth-order valence-electron chi connectivity index (χ4n) is 1.80. The maximum atomic E-state index is 11.8. The maximum absolute atomic E-state index is 11.8. The third kappa shape index (κ3) is 1.97. The SMILES string of the molecule is CN(C(=O)NC1(C(=O)O)CC1)C1CCOC1. The third-order valence-electron chi connectivity index (χ3n) is 3.28. The van der Waals surface area contributed by atoms with Gasteiger partial charge in [0.05, 0.1) is 12.6 Å². The van der Waals surface area contributed by atoms with Crippen molar-refractivity contribution < 1.29 is 19.4 Å². The number of carbonyl (C=O) groups excluding carboxylic acids is 1. The largest absolute Gasteiger partial charge is 0.480 e. The number of ether oxygens (including phenoxy) is 1. The van der Waals surface area contributed by atoms with Crippen LogP contribution in [-0.4, -0.2) is 53.8 Å². The highest BCUT2D eigenvalue weighted by atomic mass is 16.5. The van der Waals surface area contributed by atoms with Crippen LogP contribution in [0.5, 0.6) is 0 Å². The molecule has 1 unspecified atom stereocenters. The zero-order valence-electron chi connectivity index (χ0n) is 9.23. The van der Waals surface area contributed by atoms with Crippen molar-refractivity contribution in [1.82, 2.24) is 10.2 Å². The monoisotopic (exact) mass is 228 g/mol. The molecule has 0 aromatic heterocycles. The highest BCUT2D eigenvalue weighted by Crippen LogP contribution is 2.35. The molecule has 0 spiro atoms. The third-order valence-corrected chi connectivity index (χ3v) is 3.28. The number of likely N-dealkylation sites (N-methyl/N-ethyl adjacent to an activating group) is 1. The van der Waals surface area contributed by atoms with Crippen molar-refractivity contribution in [2.24, 2.45) is 0 Å². The Morgan fingerprint density at radius 1 is 1.50 bits per heavy atom. The summed E-state index contributed by atoms with van der Waals surface area (Å²) in [6, 6.07) is -0.264. The van der Waals surface area contributed by atoms with Gasteiger partial charge in [0.15, 0.2) is 0 Å². The van der Waals surface area contributed by atoms with Gasteiger partial charge in [0.1, 0.15) is 5.54 Å². The zero-order chi connectivity index (χ0) is 11.8. The second-order valence-electron chi connectivity index (χ2n) is 4.45. The fourth-order valence-corrected chi connectivity index (χ4v) is 1.80. The lowest BCUT2D eigenvalue weighted by Crippen LogP contribution is -2.51. The molecule has 2 amide bonds. The van der Waals surface area contributed by atoms with Crippen molar-refractivity contribution in [2.75, 3.05) is 20.3 Å². The molecule has 0 radical (unpaired) electrons. The van der Waals surface area contributed by atoms with Crippen LogP contribution in [0.1, 0.15) is 19.3 Å². The van der Waals surface area contributed by atoms with E-state index in [4.69, 9.17) is 9.84 Å². The number of nitrogens with one attached hydrogen (secondary N) is 1. The van der Waals surface area contributed by atoms with Crippen molar-refractivity contribution in [1.29, 1.82) is 0 Å². The van der Waals surface area contributed by atoms with E-state index in [2.05, 4.69) is 5.32 Å². The molecule has 1 atom stereocenters. The molecular formula is C10H16N2O4. The molecule has 2 rings (SSSR count). The fraction of sp³-hybridized carbons (Fsp3) is 0.800. The number of carbonyl (C=O) groups is 2. The quantitative estimate of drug-likeness (QED) is 0.714. The number of carboxylic acid groups (broad SMARTS) is 1. The topological polar surface area (TPSA) is 78.9 Å². The molecule has 2 fully saturated rings. The number of urea groups is 1. The maximum Gasteiger partial charge on any atom is 0.329 e. The van der Waals surface area contributed by atoms with Crippen LogP contribution in [0.2, 0.25) is 0 Å². The van der Waals surface area contributed by atoms with Crippen LogP contribution in [0.4, 0.5) is 4.79 Å². The van der Waals surface area contributed by atoms with E-state index in [1.165, 1.54) is 4.90 Å². The predicted octanol–water partition coefficient (Wildman–Crippen LogP) is 0.0339. The lowest BCUT2D eigenvalue weighted by molar-refractivity contribution is -0.140. The van der Waals surface area contributed by atoms with Crippen LogP contribution in [0.25, 0.3) is 0 Å². The van der Waals surface area contributed by atoms with Crippen LogP contribution in [0, 0.1) is 0 Å². The van der Waals surface area contributed by atoms with E-state index >= 15 is 0 Å². The van der Waals surface area contributed by atoms with Gasteiger partial charge in [0.25, 0.3) is 0 Å². The number of carboxylic acids is 1. The van der Waals surface area contributed by atoms with Crippen molar-refractivity contribution in [2.45, 2.75) is 30.8 Å². The van der Waals surface area contributed by atoms with E-state index in [1.807, 2.05) is 0 Å². The van der Waals surface area contributed by atoms with Crippen LogP contribution >= 0.6 is 0 Å². The molecule has 1 saturated carbocycles. The molecule has 1 heterocycles. The predicted molar refractivity (Wildman–Crippen MR) is 55.1 cm³/mol. The minimum atomic E-state index is -1.01. The van der Waals surface area contributed by atoms with Crippen molar-refractivity contribution in [3.63, 3.8) is 0 Å². The van der Waals surface area contributed by atoms with Gasteiger partial charge < -0.3 is 20.1 Å². The Morgan fingerprint density at radius 2 is 2.19 bits per heavy atom. The number of rotatable bonds is 3. The summed E-state index contributed by atoms with van der Waals surface area (Å²) < 4.78 is 5.18. The second-order valence-corrected chi connectivity index (χ2v) is 4.45. The first-order valence-corrected chi connectivity index (χ1v) is 5.41. The normalized spacial score (nSPS) is 26.2. The van der Waals surface area contributed by atoms with Crippen LogP contribution in [0.3, 0.4) is 0 Å². The minimum Gasteiger partial charge on any atom is -0.480 e. The van der Waals surface area contributed by atoms with Crippen LogP contribution < -0.4 is 5.32 Å². The van der Waals surface area contributed by atoms with E-state index in [1.54, 1.807) is 7.05 Å². The van der Waals surface area contributed by atoms with E-state index in [0.717, 1.165) is 6.42 Å². The molecule has 0 bridgehead atoms. The van der Waals surface area contributed by atoms with Crippen molar-refractivity contribution >= 4 is 12.0 Å². The molecule has 1 aliphatic carbocycles. The van der Waals surface area contributed by atoms with E-state index < -0.39 is 11.5 Å². The summed E-state index contributed by atoms with van der Waals surface area (Å²) in [4.78, 5) is 24.2. The highest BCUT2D eigenvalue weighted by Gasteiger charge is 2.52. The first kappa shape index (κ1) is 11.2. The molecule has 0 aromatic rings. The molecule has 2 N–H and O–H groups in total. The minimum absolute atomic E-state index is 0.0598. The van der Waals surface area contributed by atoms with Gasteiger partial charge in [-0.25, -0.2) is 9.59 Å². The van der Waals surface area contributed by atoms with Gasteiger partial charge in [0, 0.05) is 13.7 Å². The zero-order valence-corrected chi connectivity index (χ0v) is 9.23. The second kappa shape index (κ2) is 3.93. The highest BCUT2D eigenvalue weighted by molar-refractivity contribution is 5.88. The Kier molecular flexibility index (Phi) is 2.75. The molecule has 1 saturated heterocycles. The molecule has 16 heavy (non-hydrogen) atoms. The van der Waals surface area contributed by atoms with Crippen molar-refractivity contribution in [3.05, 3.63) is 0 Å². The molecular weight excluding hydrogens is 212 g/mol. The van der Waals surface area contributed by atoms with E-state index in [9.17, 15) is 9.59 Å². The number of hydrogen-bond donors (Lipinski definition) is 2. The van der Waals surface area contributed by atoms with E-state index in [-0.39, 0.29) is 12.1 Å². The summed E-state index contributed by atoms with van der Waals surface area (Å²) in [5.41, 5.74) is -1.01. The summed E-state index contributed by atoms with van der Waals surface area (Å²) >= 11 is 0. The van der Waals surface area contributed by atoms with Gasteiger partial charge in [-0.3, -0.25) is 0 Å². The first-order chi connectivity index (χ1) is 7.55. The first-order valence-electron chi connectivity index (χ1n) is 5.41. The Bertz CT molecular complexity index is 308. The average Bonchev–Trinajstić information content (AvgIpc) is 2.83. The smallest absolute Gasteiger partial charge is 0.329 e. The number of nitrogens with zero attached hydrogens (tertiary/aromatic N) is 1. The van der Waals surface area contributed by atoms with Gasteiger partial charge in [-0.05, 0) is 19.3 Å². The van der Waals surface area contributed by atoms with Crippen LogP contribution in [-0.2, 0) is 9.53 Å². The number of hydrogen-bond acceptors (Lipinski definition) is 3. The Hall–Kier alpha value is -1.30. The Morgan fingerprint density at radius 3 is 2.62 bits per heavy atom. The van der Waals surface area contributed by atoms with Gasteiger partial charge >= 0.3 is 12.0 Å². The summed E-state index contributed by atoms with van der Waals surface area (Å²) in [6.45, 7) is 1.19. The summed E-state index contributed by atoms with van der Waals surface area (Å²) in [5.74, 6) is -0.947. The average molecular weight is 228 g/mol. The lowest BCUT2D eigenvalue weighted by atomic mass is 10.2. The molecule has 6 nitrogen and oxygen atoms in total.